The summed E-state index contributed by atoms with van der Waals surface area (Å²) < 4.78 is 0. The van der Waals surface area contributed by atoms with E-state index in [1.54, 1.807) is 11.3 Å². The summed E-state index contributed by atoms with van der Waals surface area (Å²) in [5.74, 6) is -2.04. The largest absolute Gasteiger partial charge is 0.480 e. The third-order valence-corrected chi connectivity index (χ3v) is 4.12. The number of aliphatic carboxylic acids is 1. The average molecular weight is 297 g/mol. The first kappa shape index (κ1) is 14.3. The molecule has 0 saturated carbocycles. The summed E-state index contributed by atoms with van der Waals surface area (Å²) in [6.07, 6.45) is 0.340. The number of urea groups is 1. The van der Waals surface area contributed by atoms with Gasteiger partial charge in [0.05, 0.1) is 6.42 Å². The zero-order chi connectivity index (χ0) is 14.7. The molecule has 3 amide bonds. The van der Waals surface area contributed by atoms with Gasteiger partial charge in [-0.05, 0) is 23.4 Å². The lowest BCUT2D eigenvalue weighted by Gasteiger charge is -2.28. The second-order valence-electron chi connectivity index (χ2n) is 4.55. The Balaban J connectivity index is 1.98. The lowest BCUT2D eigenvalue weighted by atomic mass is 10.1. The Bertz CT molecular complexity index is 543. The van der Waals surface area contributed by atoms with Crippen LogP contribution in [0.5, 0.6) is 0 Å². The molecule has 0 saturated heterocycles. The molecule has 20 heavy (non-hydrogen) atoms. The second-order valence-corrected chi connectivity index (χ2v) is 5.55. The molecular formula is C12H15N3O4S. The standard InChI is InChI=1S/C12H15N3O4S/c13-10(16)5-8(11(17)18)14-12(19)15-3-1-9-7(6-15)2-4-20-9/h2,4,8H,1,3,5-6H2,(H2,13,16)(H,14,19)(H,17,18). The number of nitrogens with two attached hydrogens (primary N) is 1. The van der Waals surface area contributed by atoms with E-state index in [1.165, 1.54) is 9.78 Å². The fraction of sp³-hybridized carbons (Fsp3) is 0.417. The van der Waals surface area contributed by atoms with Gasteiger partial charge in [-0.2, -0.15) is 0 Å². The number of carbonyl (C=O) groups excluding carboxylic acids is 2. The molecule has 4 N–H and O–H groups in total. The SMILES string of the molecule is NC(=O)CC(NC(=O)N1CCc2sccc2C1)C(=O)O. The Labute approximate surface area is 119 Å². The highest BCUT2D eigenvalue weighted by Gasteiger charge is 2.27. The lowest BCUT2D eigenvalue weighted by molar-refractivity contribution is -0.141. The number of rotatable bonds is 4. The molecule has 0 radical (unpaired) electrons. The summed E-state index contributed by atoms with van der Waals surface area (Å²) in [7, 11) is 0. The molecule has 8 heteroatoms. The number of carboxylic acids is 1. The molecule has 1 aromatic heterocycles. The smallest absolute Gasteiger partial charge is 0.326 e. The molecule has 1 aliphatic heterocycles. The van der Waals surface area contributed by atoms with Gasteiger partial charge >= 0.3 is 12.0 Å². The quantitative estimate of drug-likeness (QED) is 0.734. The fourth-order valence-electron chi connectivity index (χ4n) is 2.06. The van der Waals surface area contributed by atoms with Gasteiger partial charge in [-0.1, -0.05) is 0 Å². The van der Waals surface area contributed by atoms with Gasteiger partial charge in [-0.15, -0.1) is 11.3 Å². The monoisotopic (exact) mass is 297 g/mol. The van der Waals surface area contributed by atoms with Gasteiger partial charge in [0, 0.05) is 18.0 Å². The molecule has 0 fully saturated rings. The molecule has 1 unspecified atom stereocenters. The maximum absolute atomic E-state index is 12.0. The minimum Gasteiger partial charge on any atom is -0.480 e. The van der Waals surface area contributed by atoms with Crippen LogP contribution >= 0.6 is 11.3 Å². The Kier molecular flexibility index (Phi) is 4.23. The molecule has 108 valence electrons. The summed E-state index contributed by atoms with van der Waals surface area (Å²) in [6.45, 7) is 0.982. The van der Waals surface area contributed by atoms with Gasteiger partial charge in [0.15, 0.2) is 0 Å². The number of carbonyl (C=O) groups is 3. The van der Waals surface area contributed by atoms with E-state index in [0.717, 1.165) is 12.0 Å². The normalized spacial score (nSPS) is 15.3. The molecule has 1 atom stereocenters. The van der Waals surface area contributed by atoms with E-state index in [1.807, 2.05) is 11.4 Å². The van der Waals surface area contributed by atoms with Crippen LogP contribution in [0.3, 0.4) is 0 Å². The van der Waals surface area contributed by atoms with Crippen LogP contribution in [0.15, 0.2) is 11.4 Å². The number of fused-ring (bicyclic) bond motifs is 1. The molecule has 0 aliphatic carbocycles. The van der Waals surface area contributed by atoms with Gasteiger partial charge in [-0.25, -0.2) is 9.59 Å². The fourth-order valence-corrected chi connectivity index (χ4v) is 2.95. The summed E-state index contributed by atoms with van der Waals surface area (Å²) in [5, 5.41) is 13.3. The van der Waals surface area contributed by atoms with Crippen LogP contribution in [-0.2, 0) is 22.6 Å². The van der Waals surface area contributed by atoms with E-state index in [-0.39, 0.29) is 0 Å². The van der Waals surface area contributed by atoms with Crippen molar-refractivity contribution in [1.82, 2.24) is 10.2 Å². The summed E-state index contributed by atoms with van der Waals surface area (Å²) >= 11 is 1.65. The van der Waals surface area contributed by atoms with Crippen molar-refractivity contribution in [2.75, 3.05) is 6.54 Å². The Morgan fingerprint density at radius 2 is 2.25 bits per heavy atom. The van der Waals surface area contributed by atoms with Crippen molar-refractivity contribution in [3.63, 3.8) is 0 Å². The number of nitrogens with zero attached hydrogens (tertiary/aromatic N) is 1. The van der Waals surface area contributed by atoms with Gasteiger partial charge in [0.2, 0.25) is 5.91 Å². The van der Waals surface area contributed by atoms with Crippen LogP contribution in [0.4, 0.5) is 4.79 Å². The molecule has 0 bridgehead atoms. The molecule has 1 aromatic rings. The number of amides is 3. The first-order valence-corrected chi connectivity index (χ1v) is 6.97. The topological polar surface area (TPSA) is 113 Å². The summed E-state index contributed by atoms with van der Waals surface area (Å²) in [6, 6.07) is 0.178. The molecule has 2 heterocycles. The Hall–Kier alpha value is -2.09. The highest BCUT2D eigenvalue weighted by atomic mass is 32.1. The number of carboxylic acid groups (broad SMARTS) is 1. The van der Waals surface area contributed by atoms with Crippen molar-refractivity contribution in [3.8, 4) is 0 Å². The number of primary amides is 1. The molecule has 0 spiro atoms. The summed E-state index contributed by atoms with van der Waals surface area (Å²) in [4.78, 5) is 36.6. The Morgan fingerprint density at radius 3 is 2.90 bits per heavy atom. The first-order chi connectivity index (χ1) is 9.47. The van der Waals surface area contributed by atoms with Crippen molar-refractivity contribution in [1.29, 1.82) is 0 Å². The van der Waals surface area contributed by atoms with Gasteiger partial charge in [-0.3, -0.25) is 4.79 Å². The second kappa shape index (κ2) is 5.91. The van der Waals surface area contributed by atoms with Crippen LogP contribution in [0.1, 0.15) is 16.9 Å². The minimum absolute atomic E-state index is 0.418. The third kappa shape index (κ3) is 3.27. The average Bonchev–Trinajstić information content (AvgIpc) is 2.84. The molecular weight excluding hydrogens is 282 g/mol. The maximum atomic E-state index is 12.0. The van der Waals surface area contributed by atoms with Crippen molar-refractivity contribution < 1.29 is 19.5 Å². The highest BCUT2D eigenvalue weighted by Crippen LogP contribution is 2.23. The van der Waals surface area contributed by atoms with Crippen LogP contribution in [0.25, 0.3) is 0 Å². The highest BCUT2D eigenvalue weighted by molar-refractivity contribution is 7.10. The van der Waals surface area contributed by atoms with Crippen LogP contribution in [0.2, 0.25) is 0 Å². The predicted molar refractivity (Wildman–Crippen MR) is 72.2 cm³/mol. The molecule has 7 nitrogen and oxygen atoms in total. The number of nitrogens with one attached hydrogen (secondary N) is 1. The lowest BCUT2D eigenvalue weighted by Crippen LogP contribution is -2.50. The predicted octanol–water partition coefficient (Wildman–Crippen LogP) is 0.144. The third-order valence-electron chi connectivity index (χ3n) is 3.10. The number of hydrogen-bond donors (Lipinski definition) is 3. The zero-order valence-corrected chi connectivity index (χ0v) is 11.5. The molecule has 1 aliphatic rings. The van der Waals surface area contributed by atoms with E-state index < -0.39 is 30.4 Å². The number of hydrogen-bond acceptors (Lipinski definition) is 4. The summed E-state index contributed by atoms with van der Waals surface area (Å²) in [5.41, 5.74) is 6.05. The first-order valence-electron chi connectivity index (χ1n) is 6.09. The van der Waals surface area contributed by atoms with E-state index >= 15 is 0 Å². The van der Waals surface area contributed by atoms with Crippen molar-refractivity contribution in [2.24, 2.45) is 5.73 Å². The van der Waals surface area contributed by atoms with E-state index in [4.69, 9.17) is 10.8 Å². The van der Waals surface area contributed by atoms with E-state index in [0.29, 0.717) is 13.1 Å². The number of thiophene rings is 1. The maximum Gasteiger partial charge on any atom is 0.326 e. The van der Waals surface area contributed by atoms with Crippen LogP contribution < -0.4 is 11.1 Å². The van der Waals surface area contributed by atoms with Gasteiger partial charge < -0.3 is 21.1 Å². The van der Waals surface area contributed by atoms with Crippen molar-refractivity contribution in [2.45, 2.75) is 25.4 Å². The van der Waals surface area contributed by atoms with E-state index in [2.05, 4.69) is 5.32 Å². The van der Waals surface area contributed by atoms with Crippen molar-refractivity contribution >= 4 is 29.2 Å². The van der Waals surface area contributed by atoms with Gasteiger partial charge in [0.25, 0.3) is 0 Å². The van der Waals surface area contributed by atoms with E-state index in [9.17, 15) is 14.4 Å². The minimum atomic E-state index is -1.29. The Morgan fingerprint density at radius 1 is 1.50 bits per heavy atom. The molecule has 0 aromatic carbocycles. The van der Waals surface area contributed by atoms with Gasteiger partial charge in [0.1, 0.15) is 6.04 Å². The zero-order valence-electron chi connectivity index (χ0n) is 10.7. The molecule has 2 rings (SSSR count). The van der Waals surface area contributed by atoms with Crippen LogP contribution in [-0.4, -0.2) is 40.5 Å². The van der Waals surface area contributed by atoms with Crippen molar-refractivity contribution in [3.05, 3.63) is 21.9 Å². The van der Waals surface area contributed by atoms with Crippen LogP contribution in [0, 0.1) is 0 Å².